The van der Waals surface area contributed by atoms with Gasteiger partial charge in [0, 0.05) is 24.7 Å². The Morgan fingerprint density at radius 3 is 2.16 bits per heavy atom. The fourth-order valence-electron chi connectivity index (χ4n) is 3.54. The normalized spacial score (nSPS) is 13.4. The zero-order chi connectivity index (χ0) is 22.9. The molecule has 174 valence electrons. The van der Waals surface area contributed by atoms with E-state index in [1.807, 2.05) is 39.0 Å². The second kappa shape index (κ2) is 11.5. The Balaban J connectivity index is 1.95. The molecule has 2 aromatic rings. The van der Waals surface area contributed by atoms with Crippen LogP contribution in [0.15, 0.2) is 30.3 Å². The van der Waals surface area contributed by atoms with E-state index in [-0.39, 0.29) is 5.91 Å². The van der Waals surface area contributed by atoms with Crippen molar-refractivity contribution in [2.45, 2.75) is 20.8 Å². The Morgan fingerprint density at radius 1 is 0.969 bits per heavy atom. The van der Waals surface area contributed by atoms with Crippen LogP contribution in [0.3, 0.4) is 0 Å². The SMILES string of the molecule is CCOc1cc(C(=O)Nc2cc(OC)ccc2N2CCOCC2)cc(OCC)c1OCC. The molecule has 0 aliphatic carbocycles. The summed E-state index contributed by atoms with van der Waals surface area (Å²) in [6.07, 6.45) is 0. The standard InChI is InChI=1S/C24H32N2O6/c1-5-30-21-14-17(15-22(31-6-2)23(21)32-7-3)24(27)25-19-16-18(28-4)8-9-20(19)26-10-12-29-13-11-26/h8-9,14-16H,5-7,10-13H2,1-4H3,(H,25,27). The Bertz CT molecular complexity index is 884. The van der Waals surface area contributed by atoms with Crippen LogP contribution in [0.5, 0.6) is 23.0 Å². The van der Waals surface area contributed by atoms with Gasteiger partial charge in [-0.15, -0.1) is 0 Å². The Morgan fingerprint density at radius 2 is 1.59 bits per heavy atom. The van der Waals surface area contributed by atoms with Crippen LogP contribution in [-0.2, 0) is 4.74 Å². The smallest absolute Gasteiger partial charge is 0.256 e. The van der Waals surface area contributed by atoms with Crippen LogP contribution in [0.2, 0.25) is 0 Å². The summed E-state index contributed by atoms with van der Waals surface area (Å²) in [5, 5.41) is 3.04. The zero-order valence-electron chi connectivity index (χ0n) is 19.2. The molecular weight excluding hydrogens is 412 g/mol. The van der Waals surface area contributed by atoms with Gasteiger partial charge in [0.2, 0.25) is 5.75 Å². The predicted molar refractivity (Wildman–Crippen MR) is 124 cm³/mol. The first-order chi connectivity index (χ1) is 15.6. The topological polar surface area (TPSA) is 78.5 Å². The molecule has 0 spiro atoms. The summed E-state index contributed by atoms with van der Waals surface area (Å²) >= 11 is 0. The van der Waals surface area contributed by atoms with E-state index in [0.717, 1.165) is 18.8 Å². The van der Waals surface area contributed by atoms with Crippen molar-refractivity contribution in [3.63, 3.8) is 0 Å². The maximum atomic E-state index is 13.3. The van der Waals surface area contributed by atoms with Crippen LogP contribution in [0.4, 0.5) is 11.4 Å². The van der Waals surface area contributed by atoms with Crippen LogP contribution in [0.25, 0.3) is 0 Å². The lowest BCUT2D eigenvalue weighted by Gasteiger charge is -2.30. The van der Waals surface area contributed by atoms with Gasteiger partial charge in [-0.2, -0.15) is 0 Å². The third-order valence-electron chi connectivity index (χ3n) is 4.98. The average Bonchev–Trinajstić information content (AvgIpc) is 2.81. The maximum absolute atomic E-state index is 13.3. The highest BCUT2D eigenvalue weighted by Crippen LogP contribution is 2.40. The van der Waals surface area contributed by atoms with Gasteiger partial charge in [-0.1, -0.05) is 0 Å². The van der Waals surface area contributed by atoms with Gasteiger partial charge in [0.15, 0.2) is 11.5 Å². The fourth-order valence-corrected chi connectivity index (χ4v) is 3.54. The van der Waals surface area contributed by atoms with Gasteiger partial charge in [-0.05, 0) is 45.0 Å². The van der Waals surface area contributed by atoms with Crippen molar-refractivity contribution < 1.29 is 28.5 Å². The van der Waals surface area contributed by atoms with Gasteiger partial charge in [0.05, 0.1) is 51.5 Å². The van der Waals surface area contributed by atoms with Gasteiger partial charge >= 0.3 is 0 Å². The Kier molecular flexibility index (Phi) is 8.44. The molecule has 3 rings (SSSR count). The lowest BCUT2D eigenvalue weighted by molar-refractivity contribution is 0.102. The number of carbonyl (C=O) groups excluding carboxylic acids is 1. The number of hydrogen-bond acceptors (Lipinski definition) is 7. The minimum atomic E-state index is -0.280. The van der Waals surface area contributed by atoms with Crippen molar-refractivity contribution in [1.82, 2.24) is 0 Å². The van der Waals surface area contributed by atoms with Crippen LogP contribution in [0, 0.1) is 0 Å². The lowest BCUT2D eigenvalue weighted by atomic mass is 10.1. The molecular formula is C24H32N2O6. The number of ether oxygens (including phenoxy) is 5. The van der Waals surface area contributed by atoms with E-state index in [1.165, 1.54) is 0 Å². The molecule has 1 saturated heterocycles. The molecule has 2 aromatic carbocycles. The van der Waals surface area contributed by atoms with Crippen molar-refractivity contribution in [1.29, 1.82) is 0 Å². The van der Waals surface area contributed by atoms with E-state index >= 15 is 0 Å². The molecule has 8 heteroatoms. The monoisotopic (exact) mass is 444 g/mol. The second-order valence-corrected chi connectivity index (χ2v) is 7.04. The molecule has 0 atom stereocenters. The number of rotatable bonds is 10. The molecule has 32 heavy (non-hydrogen) atoms. The van der Waals surface area contributed by atoms with E-state index in [1.54, 1.807) is 19.2 Å². The average molecular weight is 445 g/mol. The molecule has 0 aromatic heterocycles. The molecule has 1 fully saturated rings. The molecule has 1 aliphatic heterocycles. The van der Waals surface area contributed by atoms with Crippen LogP contribution >= 0.6 is 0 Å². The van der Waals surface area contributed by atoms with E-state index in [0.29, 0.717) is 67.3 Å². The summed E-state index contributed by atoms with van der Waals surface area (Å²) in [4.78, 5) is 15.5. The molecule has 1 amide bonds. The number of hydrogen-bond donors (Lipinski definition) is 1. The second-order valence-electron chi connectivity index (χ2n) is 7.04. The van der Waals surface area contributed by atoms with Crippen molar-refractivity contribution in [2.75, 3.05) is 63.5 Å². The minimum absolute atomic E-state index is 0.280. The van der Waals surface area contributed by atoms with Crippen molar-refractivity contribution in [3.8, 4) is 23.0 Å². The largest absolute Gasteiger partial charge is 0.497 e. The molecule has 8 nitrogen and oxygen atoms in total. The number of methoxy groups -OCH3 is 1. The lowest BCUT2D eigenvalue weighted by Crippen LogP contribution is -2.36. The predicted octanol–water partition coefficient (Wildman–Crippen LogP) is 3.98. The van der Waals surface area contributed by atoms with Crippen LogP contribution < -0.4 is 29.2 Å². The quantitative estimate of drug-likeness (QED) is 0.594. The van der Waals surface area contributed by atoms with Crippen molar-refractivity contribution in [2.24, 2.45) is 0 Å². The molecule has 1 aliphatic rings. The molecule has 0 unspecified atom stereocenters. The van der Waals surface area contributed by atoms with Gasteiger partial charge in [-0.3, -0.25) is 4.79 Å². The first-order valence-corrected chi connectivity index (χ1v) is 11.0. The van der Waals surface area contributed by atoms with E-state index < -0.39 is 0 Å². The summed E-state index contributed by atoms with van der Waals surface area (Å²) in [5.74, 6) is 1.84. The highest BCUT2D eigenvalue weighted by Gasteiger charge is 2.21. The van der Waals surface area contributed by atoms with E-state index in [9.17, 15) is 4.79 Å². The Labute approximate surface area is 189 Å². The number of nitrogens with zero attached hydrogens (tertiary/aromatic N) is 1. The van der Waals surface area contributed by atoms with Crippen molar-refractivity contribution >= 4 is 17.3 Å². The highest BCUT2D eigenvalue weighted by atomic mass is 16.5. The summed E-state index contributed by atoms with van der Waals surface area (Å²) in [5.41, 5.74) is 2.00. The number of amides is 1. The van der Waals surface area contributed by atoms with Gasteiger partial charge in [0.1, 0.15) is 5.75 Å². The number of nitrogens with one attached hydrogen (secondary N) is 1. The van der Waals surface area contributed by atoms with Gasteiger partial charge in [0.25, 0.3) is 5.91 Å². The Hall–Kier alpha value is -3.13. The fraction of sp³-hybridized carbons (Fsp3) is 0.458. The van der Waals surface area contributed by atoms with E-state index in [2.05, 4.69) is 10.2 Å². The van der Waals surface area contributed by atoms with E-state index in [4.69, 9.17) is 23.7 Å². The molecule has 1 N–H and O–H groups in total. The van der Waals surface area contributed by atoms with Crippen molar-refractivity contribution in [3.05, 3.63) is 35.9 Å². The number of carbonyl (C=O) groups is 1. The summed E-state index contributed by atoms with van der Waals surface area (Å²) in [7, 11) is 1.60. The zero-order valence-corrected chi connectivity index (χ0v) is 19.2. The molecule has 1 heterocycles. The number of benzene rings is 2. The van der Waals surface area contributed by atoms with Crippen LogP contribution in [0.1, 0.15) is 31.1 Å². The highest BCUT2D eigenvalue weighted by molar-refractivity contribution is 6.06. The maximum Gasteiger partial charge on any atom is 0.256 e. The molecule has 0 saturated carbocycles. The molecule has 0 bridgehead atoms. The first kappa shape index (κ1) is 23.5. The minimum Gasteiger partial charge on any atom is -0.497 e. The number of anilines is 2. The summed E-state index contributed by atoms with van der Waals surface area (Å²) in [6, 6.07) is 9.03. The molecule has 0 radical (unpaired) electrons. The first-order valence-electron chi connectivity index (χ1n) is 11.0. The van der Waals surface area contributed by atoms with Gasteiger partial charge < -0.3 is 33.9 Å². The number of morpholine rings is 1. The van der Waals surface area contributed by atoms with Crippen LogP contribution in [-0.4, -0.2) is 59.1 Å². The summed E-state index contributed by atoms with van der Waals surface area (Å²) < 4.78 is 28.1. The summed E-state index contributed by atoms with van der Waals surface area (Å²) in [6.45, 7) is 9.78. The van der Waals surface area contributed by atoms with Gasteiger partial charge in [-0.25, -0.2) is 0 Å². The third-order valence-corrected chi connectivity index (χ3v) is 4.98. The third kappa shape index (κ3) is 5.56.